The quantitative estimate of drug-likeness (QED) is 0.489. The number of fused-ring (bicyclic) bond motifs is 5. The van der Waals surface area contributed by atoms with Crippen LogP contribution in [0.15, 0.2) is 48.5 Å². The molecule has 1 fully saturated rings. The summed E-state index contributed by atoms with van der Waals surface area (Å²) in [5.74, 6) is -0.950. The Bertz CT molecular complexity index is 1330. The Hall–Kier alpha value is -3.68. The summed E-state index contributed by atoms with van der Waals surface area (Å²) >= 11 is 0. The fourth-order valence-electron chi connectivity index (χ4n) is 5.57. The maximum Gasteiger partial charge on any atom is 0.328 e. The summed E-state index contributed by atoms with van der Waals surface area (Å²) in [4.78, 5) is 47.2. The molecule has 0 radical (unpaired) electrons. The molecule has 36 heavy (non-hydrogen) atoms. The van der Waals surface area contributed by atoms with Crippen LogP contribution < -0.4 is 5.32 Å². The molecule has 0 saturated carbocycles. The highest BCUT2D eigenvalue weighted by atomic mass is 19.1. The molecule has 5 rings (SSSR count). The first kappa shape index (κ1) is 24.0. The largest absolute Gasteiger partial charge is 0.356 e. The minimum absolute atomic E-state index is 0.0903. The van der Waals surface area contributed by atoms with Crippen LogP contribution in [0.2, 0.25) is 0 Å². The molecule has 8 heteroatoms. The molecule has 3 aromatic rings. The van der Waals surface area contributed by atoms with Crippen LogP contribution in [0.25, 0.3) is 10.9 Å². The number of benzene rings is 2. The van der Waals surface area contributed by atoms with Crippen molar-refractivity contribution in [3.63, 3.8) is 0 Å². The molecular weight excluding hydrogens is 459 g/mol. The fourth-order valence-corrected chi connectivity index (χ4v) is 5.57. The summed E-state index contributed by atoms with van der Waals surface area (Å²) in [7, 11) is 0. The summed E-state index contributed by atoms with van der Waals surface area (Å²) in [6, 6.07) is 12.7. The summed E-state index contributed by atoms with van der Waals surface area (Å²) in [6.07, 6.45) is 1.52. The molecule has 2 unspecified atom stereocenters. The second-order valence-corrected chi connectivity index (χ2v) is 10.3. The third-order valence-electron chi connectivity index (χ3n) is 7.43. The summed E-state index contributed by atoms with van der Waals surface area (Å²) in [6.45, 7) is 6.44. The van der Waals surface area contributed by atoms with Crippen molar-refractivity contribution in [2.24, 2.45) is 5.92 Å². The maximum absolute atomic E-state index is 14.0. The van der Waals surface area contributed by atoms with Gasteiger partial charge in [0, 0.05) is 24.0 Å². The highest BCUT2D eigenvalue weighted by Crippen LogP contribution is 2.44. The predicted molar refractivity (Wildman–Crippen MR) is 135 cm³/mol. The Balaban J connectivity index is 1.41. The van der Waals surface area contributed by atoms with Gasteiger partial charge in [-0.15, -0.1) is 0 Å². The highest BCUT2D eigenvalue weighted by molar-refractivity contribution is 6.11. The average molecular weight is 491 g/mol. The van der Waals surface area contributed by atoms with E-state index in [9.17, 15) is 18.8 Å². The molecule has 2 aliphatic rings. The fraction of sp³-hybridized carbons (Fsp3) is 0.393. The van der Waals surface area contributed by atoms with Crippen molar-refractivity contribution in [3.05, 3.63) is 71.2 Å². The molecule has 4 amide bonds. The normalized spacial score (nSPS) is 20.1. The van der Waals surface area contributed by atoms with E-state index in [2.05, 4.69) is 10.3 Å². The number of para-hydroxylation sites is 1. The van der Waals surface area contributed by atoms with E-state index in [-0.39, 0.29) is 23.5 Å². The van der Waals surface area contributed by atoms with Gasteiger partial charge < -0.3 is 15.2 Å². The Kier molecular flexibility index (Phi) is 6.06. The second kappa shape index (κ2) is 9.08. The third kappa shape index (κ3) is 3.85. The number of nitrogens with zero attached hydrogens (tertiary/aromatic N) is 2. The van der Waals surface area contributed by atoms with Crippen LogP contribution in [0.1, 0.15) is 44.0 Å². The number of halogens is 1. The minimum atomic E-state index is -1.19. The lowest BCUT2D eigenvalue weighted by atomic mass is 9.87. The molecule has 2 aromatic carbocycles. The van der Waals surface area contributed by atoms with E-state index in [4.69, 9.17) is 0 Å². The van der Waals surface area contributed by atoms with Gasteiger partial charge in [0.15, 0.2) is 5.54 Å². The van der Waals surface area contributed by atoms with Crippen molar-refractivity contribution in [1.29, 1.82) is 0 Å². The molecule has 3 heterocycles. The summed E-state index contributed by atoms with van der Waals surface area (Å²) in [5, 5.41) is 3.96. The Morgan fingerprint density at radius 1 is 1.14 bits per heavy atom. The monoisotopic (exact) mass is 490 g/mol. The maximum atomic E-state index is 14.0. The van der Waals surface area contributed by atoms with Gasteiger partial charge in [-0.25, -0.2) is 14.1 Å². The molecule has 2 aliphatic heterocycles. The SMILES string of the molecule is CC(C)CC(C(=O)NCCc1ccc(F)cc1)N1C(=O)N2CCc3c([nH]c4ccccc34)C2(C)C1=O. The highest BCUT2D eigenvalue weighted by Gasteiger charge is 2.60. The van der Waals surface area contributed by atoms with Gasteiger partial charge in [-0.3, -0.25) is 9.59 Å². The van der Waals surface area contributed by atoms with Gasteiger partial charge in [-0.1, -0.05) is 44.2 Å². The predicted octanol–water partition coefficient (Wildman–Crippen LogP) is 4.12. The number of imide groups is 1. The van der Waals surface area contributed by atoms with Crippen molar-refractivity contribution in [3.8, 4) is 0 Å². The van der Waals surface area contributed by atoms with Gasteiger partial charge in [0.05, 0.1) is 5.69 Å². The van der Waals surface area contributed by atoms with Crippen LogP contribution in [-0.2, 0) is 28.0 Å². The zero-order valence-electron chi connectivity index (χ0n) is 20.8. The zero-order valence-corrected chi connectivity index (χ0v) is 20.8. The molecule has 0 aliphatic carbocycles. The van der Waals surface area contributed by atoms with Crippen molar-refractivity contribution in [2.75, 3.05) is 13.1 Å². The number of H-pyrrole nitrogens is 1. The van der Waals surface area contributed by atoms with Gasteiger partial charge in [0.2, 0.25) is 5.91 Å². The number of amides is 4. The number of hydrogen-bond acceptors (Lipinski definition) is 3. The molecule has 1 saturated heterocycles. The zero-order chi connectivity index (χ0) is 25.6. The van der Waals surface area contributed by atoms with Crippen molar-refractivity contribution < 1.29 is 18.8 Å². The van der Waals surface area contributed by atoms with Gasteiger partial charge in [0.1, 0.15) is 11.9 Å². The van der Waals surface area contributed by atoms with E-state index in [1.165, 1.54) is 17.0 Å². The molecule has 2 atom stereocenters. The average Bonchev–Trinajstić information content (AvgIpc) is 3.32. The summed E-state index contributed by atoms with van der Waals surface area (Å²) < 4.78 is 13.2. The van der Waals surface area contributed by atoms with E-state index >= 15 is 0 Å². The molecule has 7 nitrogen and oxygen atoms in total. The first-order chi connectivity index (χ1) is 17.2. The lowest BCUT2D eigenvalue weighted by molar-refractivity contribution is -0.140. The van der Waals surface area contributed by atoms with E-state index in [0.29, 0.717) is 32.4 Å². The summed E-state index contributed by atoms with van der Waals surface area (Å²) in [5.41, 5.74) is 2.42. The van der Waals surface area contributed by atoms with Crippen LogP contribution in [0.5, 0.6) is 0 Å². The lowest BCUT2D eigenvalue weighted by Gasteiger charge is -2.36. The van der Waals surface area contributed by atoms with Crippen molar-refractivity contribution >= 4 is 28.7 Å². The van der Waals surface area contributed by atoms with Crippen molar-refractivity contribution in [2.45, 2.75) is 51.6 Å². The van der Waals surface area contributed by atoms with E-state index < -0.39 is 17.6 Å². The number of carbonyl (C=O) groups is 3. The van der Waals surface area contributed by atoms with Crippen LogP contribution in [0, 0.1) is 11.7 Å². The first-order valence-electron chi connectivity index (χ1n) is 12.5. The topological polar surface area (TPSA) is 85.5 Å². The van der Waals surface area contributed by atoms with Crippen molar-refractivity contribution in [1.82, 2.24) is 20.1 Å². The Morgan fingerprint density at radius 2 is 1.86 bits per heavy atom. The Labute approximate surface area is 209 Å². The number of hydrogen-bond donors (Lipinski definition) is 2. The molecular formula is C28H31FN4O3. The molecule has 0 spiro atoms. The van der Waals surface area contributed by atoms with Gasteiger partial charge >= 0.3 is 6.03 Å². The van der Waals surface area contributed by atoms with Gasteiger partial charge in [0.25, 0.3) is 5.91 Å². The van der Waals surface area contributed by atoms with Gasteiger partial charge in [-0.2, -0.15) is 0 Å². The minimum Gasteiger partial charge on any atom is -0.356 e. The molecule has 188 valence electrons. The van der Waals surface area contributed by atoms with Crippen LogP contribution in [0.4, 0.5) is 9.18 Å². The smallest absolute Gasteiger partial charge is 0.328 e. The number of aromatic nitrogens is 1. The van der Waals surface area contributed by atoms with E-state index in [0.717, 1.165) is 27.7 Å². The molecule has 1 aromatic heterocycles. The Morgan fingerprint density at radius 3 is 2.58 bits per heavy atom. The second-order valence-electron chi connectivity index (χ2n) is 10.3. The molecule has 0 bridgehead atoms. The molecule has 2 N–H and O–H groups in total. The number of carbonyl (C=O) groups excluding carboxylic acids is 3. The van der Waals surface area contributed by atoms with Crippen LogP contribution in [0.3, 0.4) is 0 Å². The van der Waals surface area contributed by atoms with E-state index in [1.807, 2.05) is 38.1 Å². The number of aromatic amines is 1. The lowest BCUT2D eigenvalue weighted by Crippen LogP contribution is -2.51. The number of nitrogens with one attached hydrogen (secondary N) is 2. The first-order valence-corrected chi connectivity index (χ1v) is 12.5. The number of rotatable bonds is 7. The third-order valence-corrected chi connectivity index (χ3v) is 7.43. The van der Waals surface area contributed by atoms with Gasteiger partial charge in [-0.05, 0) is 61.4 Å². The van der Waals surface area contributed by atoms with Crippen LogP contribution >= 0.6 is 0 Å². The number of urea groups is 1. The standard InChI is InChI=1S/C28H31FN4O3/c1-17(2)16-23(25(34)30-14-12-18-8-10-19(29)11-9-18)33-26(35)28(3)24-21(13-15-32(28)27(33)36)20-6-4-5-7-22(20)31-24/h4-11,17,23,31H,12-16H2,1-3H3,(H,30,34). The van der Waals surface area contributed by atoms with E-state index in [1.54, 1.807) is 24.0 Å². The van der Waals surface area contributed by atoms with Crippen LogP contribution in [-0.4, -0.2) is 51.8 Å².